The van der Waals surface area contributed by atoms with Gasteiger partial charge in [0.05, 0.1) is 6.04 Å². The molecule has 5 unspecified atom stereocenters. The zero-order valence-corrected chi connectivity index (χ0v) is 35.1. The van der Waals surface area contributed by atoms with E-state index in [0.717, 1.165) is 68.4 Å². The molecule has 6 aromatic rings. The fourth-order valence-corrected chi connectivity index (χ4v) is 9.13. The number of hydrogen-bond donors (Lipinski definition) is 1. The van der Waals surface area contributed by atoms with Gasteiger partial charge in [0.15, 0.2) is 12.0 Å². The molecular weight excluding hydrogens is 755 g/mol. The third kappa shape index (κ3) is 8.14. The van der Waals surface area contributed by atoms with Crippen LogP contribution >= 0.6 is 0 Å². The van der Waals surface area contributed by atoms with E-state index in [2.05, 4.69) is 219 Å². The number of nitrogens with one attached hydrogen (secondary N) is 1. The van der Waals surface area contributed by atoms with E-state index in [9.17, 15) is 0 Å². The molecular formula is C57H49N5. The van der Waals surface area contributed by atoms with Crippen molar-refractivity contribution in [3.63, 3.8) is 0 Å². The second kappa shape index (κ2) is 17.4. The largest absolute Gasteiger partial charge is 0.324 e. The summed E-state index contributed by atoms with van der Waals surface area (Å²) in [5.41, 5.74) is 12.3. The minimum atomic E-state index is -0.416. The molecule has 302 valence electrons. The lowest BCUT2D eigenvalue weighted by Crippen LogP contribution is -2.36. The van der Waals surface area contributed by atoms with Crippen LogP contribution in [-0.2, 0) is 0 Å². The number of benzene rings is 6. The minimum Gasteiger partial charge on any atom is -0.324 e. The Balaban J connectivity index is 1.07. The van der Waals surface area contributed by atoms with Gasteiger partial charge in [-0.1, -0.05) is 202 Å². The van der Waals surface area contributed by atoms with Crippen molar-refractivity contribution in [1.82, 2.24) is 5.32 Å². The average Bonchev–Trinajstić information content (AvgIpc) is 3.35. The highest BCUT2D eigenvalue weighted by Gasteiger charge is 2.33. The summed E-state index contributed by atoms with van der Waals surface area (Å²) in [4.78, 5) is 21.4. The van der Waals surface area contributed by atoms with Gasteiger partial charge in [-0.05, 0) is 69.5 Å². The van der Waals surface area contributed by atoms with Crippen LogP contribution in [0.1, 0.15) is 66.2 Å². The molecule has 4 aliphatic rings. The maximum Gasteiger partial charge on any atom is 0.169 e. The van der Waals surface area contributed by atoms with Crippen LogP contribution in [-0.4, -0.2) is 23.2 Å². The SMILES string of the molecule is CC1C(C2C=CC=CC2)=NC(C2=CC(c3cc(C4=NC(c5ccccc5)N=C(c5cccc(-c6ccccc6)c5)N4)cc(-c4ccccc4)c3)[C@H](C)C=C2)=NC1c1ccccc1. The molecule has 0 aromatic heterocycles. The Morgan fingerprint density at radius 1 is 0.516 bits per heavy atom. The first-order valence-electron chi connectivity index (χ1n) is 21.8. The van der Waals surface area contributed by atoms with Crippen LogP contribution in [0.25, 0.3) is 22.3 Å². The summed E-state index contributed by atoms with van der Waals surface area (Å²) < 4.78 is 0. The van der Waals surface area contributed by atoms with E-state index in [4.69, 9.17) is 20.0 Å². The van der Waals surface area contributed by atoms with Gasteiger partial charge in [0.2, 0.25) is 0 Å². The van der Waals surface area contributed by atoms with Crippen molar-refractivity contribution in [1.29, 1.82) is 0 Å². The first kappa shape index (κ1) is 38.9. The smallest absolute Gasteiger partial charge is 0.169 e. The number of allylic oxidation sites excluding steroid dienone is 6. The van der Waals surface area contributed by atoms with Gasteiger partial charge in [0, 0.05) is 40.2 Å². The van der Waals surface area contributed by atoms with Gasteiger partial charge in [0.25, 0.3) is 0 Å². The predicted octanol–water partition coefficient (Wildman–Crippen LogP) is 13.1. The molecule has 10 rings (SSSR count). The Labute approximate surface area is 365 Å². The Morgan fingerprint density at radius 3 is 1.81 bits per heavy atom. The summed E-state index contributed by atoms with van der Waals surface area (Å²) in [7, 11) is 0. The summed E-state index contributed by atoms with van der Waals surface area (Å²) in [6.45, 7) is 4.59. The standard InChI is InChI=1S/C57H49N5/c1-38-31-32-47(55-58-52(42-23-12-5-13-24-42)39(2)53(59-55)43-25-14-6-15-26-43)37-51(38)49-34-48(41-21-10-4-11-22-41)35-50(36-49)57-61-54(44-27-16-7-17-28-44)60-56(62-57)46-30-18-29-45(33-46)40-19-8-3-9-20-40/h3-25,27-39,43,51-52,54H,26H2,1-2H3,(H,60,61,62)/t38-,39?,43?,51?,52?,54?/m1/s1. The van der Waals surface area contributed by atoms with Gasteiger partial charge in [-0.15, -0.1) is 0 Å². The monoisotopic (exact) mass is 803 g/mol. The van der Waals surface area contributed by atoms with Crippen molar-refractivity contribution in [3.8, 4) is 22.3 Å². The second-order valence-corrected chi connectivity index (χ2v) is 16.7. The van der Waals surface area contributed by atoms with Crippen LogP contribution in [0, 0.1) is 17.8 Å². The van der Waals surface area contributed by atoms with Crippen molar-refractivity contribution in [2.45, 2.75) is 38.4 Å². The zero-order chi connectivity index (χ0) is 41.8. The minimum absolute atomic E-state index is 0.0182. The molecule has 6 atom stereocenters. The van der Waals surface area contributed by atoms with Gasteiger partial charge < -0.3 is 5.32 Å². The van der Waals surface area contributed by atoms with E-state index in [1.165, 1.54) is 16.8 Å². The van der Waals surface area contributed by atoms with E-state index in [1.807, 2.05) is 6.07 Å². The highest BCUT2D eigenvalue weighted by atomic mass is 15.2. The normalized spacial score (nSPS) is 23.0. The van der Waals surface area contributed by atoms with Crippen molar-refractivity contribution >= 4 is 23.2 Å². The summed E-state index contributed by atoms with van der Waals surface area (Å²) >= 11 is 0. The molecule has 0 spiro atoms. The van der Waals surface area contributed by atoms with Gasteiger partial charge in [-0.25, -0.2) is 15.0 Å². The third-order valence-electron chi connectivity index (χ3n) is 12.5. The Kier molecular flexibility index (Phi) is 10.9. The first-order valence-corrected chi connectivity index (χ1v) is 21.8. The third-order valence-corrected chi connectivity index (χ3v) is 12.5. The molecule has 2 aliphatic heterocycles. The predicted molar refractivity (Wildman–Crippen MR) is 258 cm³/mol. The second-order valence-electron chi connectivity index (χ2n) is 16.7. The molecule has 0 saturated carbocycles. The number of aliphatic imine (C=N–C) groups is 4. The van der Waals surface area contributed by atoms with Gasteiger partial charge in [-0.3, -0.25) is 4.99 Å². The van der Waals surface area contributed by atoms with E-state index in [-0.39, 0.29) is 29.7 Å². The molecule has 5 nitrogen and oxygen atoms in total. The molecule has 1 N–H and O–H groups in total. The molecule has 5 heteroatoms. The highest BCUT2D eigenvalue weighted by molar-refractivity contribution is 6.16. The van der Waals surface area contributed by atoms with E-state index in [0.29, 0.717) is 0 Å². The lowest BCUT2D eigenvalue weighted by Gasteiger charge is -2.32. The van der Waals surface area contributed by atoms with Crippen LogP contribution in [0.5, 0.6) is 0 Å². The number of rotatable bonds is 9. The number of hydrogen-bond acceptors (Lipinski definition) is 5. The lowest BCUT2D eigenvalue weighted by atomic mass is 9.79. The summed E-state index contributed by atoms with van der Waals surface area (Å²) in [5.74, 6) is 3.11. The van der Waals surface area contributed by atoms with E-state index in [1.54, 1.807) is 0 Å². The van der Waals surface area contributed by atoms with Crippen LogP contribution in [0.4, 0.5) is 0 Å². The molecule has 62 heavy (non-hydrogen) atoms. The van der Waals surface area contributed by atoms with Crippen LogP contribution in [0.15, 0.2) is 232 Å². The fourth-order valence-electron chi connectivity index (χ4n) is 9.13. The molecule has 0 amide bonds. The molecule has 0 saturated heterocycles. The Bertz CT molecular complexity index is 2830. The van der Waals surface area contributed by atoms with Gasteiger partial charge in [0.1, 0.15) is 11.7 Å². The lowest BCUT2D eigenvalue weighted by molar-refractivity contribution is 0.567. The van der Waals surface area contributed by atoms with Crippen LogP contribution in [0.2, 0.25) is 0 Å². The van der Waals surface area contributed by atoms with Crippen molar-refractivity contribution in [2.24, 2.45) is 37.7 Å². The summed E-state index contributed by atoms with van der Waals surface area (Å²) in [6.07, 6.45) is 16.3. The zero-order valence-electron chi connectivity index (χ0n) is 35.1. The topological polar surface area (TPSA) is 61.5 Å². The van der Waals surface area contributed by atoms with Crippen molar-refractivity contribution in [2.75, 3.05) is 0 Å². The average molecular weight is 804 g/mol. The maximum atomic E-state index is 5.44. The molecule has 2 heterocycles. The van der Waals surface area contributed by atoms with Crippen LogP contribution in [0.3, 0.4) is 0 Å². The molecule has 2 aliphatic carbocycles. The Morgan fingerprint density at radius 2 is 1.11 bits per heavy atom. The first-order chi connectivity index (χ1) is 30.5. The van der Waals surface area contributed by atoms with Gasteiger partial charge >= 0.3 is 0 Å². The van der Waals surface area contributed by atoms with E-state index >= 15 is 0 Å². The van der Waals surface area contributed by atoms with Crippen molar-refractivity contribution < 1.29 is 0 Å². The molecule has 0 radical (unpaired) electrons. The number of amidine groups is 3. The molecule has 0 fully saturated rings. The fraction of sp³-hybridized carbons (Fsp3) is 0.158. The highest BCUT2D eigenvalue weighted by Crippen LogP contribution is 2.40. The van der Waals surface area contributed by atoms with Gasteiger partial charge in [-0.2, -0.15) is 0 Å². The number of nitrogens with zero attached hydrogens (tertiary/aromatic N) is 4. The quantitative estimate of drug-likeness (QED) is 0.155. The van der Waals surface area contributed by atoms with E-state index < -0.39 is 6.17 Å². The summed E-state index contributed by atoms with van der Waals surface area (Å²) in [6, 6.07) is 57.8. The molecule has 6 aromatic carbocycles. The van der Waals surface area contributed by atoms with Crippen LogP contribution < -0.4 is 5.32 Å². The summed E-state index contributed by atoms with van der Waals surface area (Å²) in [5, 5.41) is 3.73. The van der Waals surface area contributed by atoms with Crippen molar-refractivity contribution in [3.05, 3.63) is 240 Å². The molecule has 0 bridgehead atoms. The maximum absolute atomic E-state index is 5.44. The Hall–Kier alpha value is -7.24.